The van der Waals surface area contributed by atoms with Gasteiger partial charge in [-0.05, 0) is 49.0 Å². The highest BCUT2D eigenvalue weighted by atomic mass is 79.9. The average Bonchev–Trinajstić information content (AvgIpc) is 3.40. The first-order valence-electron chi connectivity index (χ1n) is 9.20. The number of hydrogen-bond donors (Lipinski definition) is 1. The van der Waals surface area contributed by atoms with Crippen LogP contribution in [0.3, 0.4) is 0 Å². The molecule has 29 heavy (non-hydrogen) atoms. The molecule has 2 N–H and O–H groups in total. The Morgan fingerprint density at radius 3 is 2.97 bits per heavy atom. The third-order valence-corrected chi connectivity index (χ3v) is 6.71. The molecule has 0 bridgehead atoms. The van der Waals surface area contributed by atoms with Crippen LogP contribution in [0.5, 0.6) is 0 Å². The number of nitrogens with two attached hydrogens (primary N) is 1. The van der Waals surface area contributed by atoms with Crippen molar-refractivity contribution in [1.82, 2.24) is 14.2 Å². The van der Waals surface area contributed by atoms with E-state index in [0.29, 0.717) is 28.8 Å². The lowest BCUT2D eigenvalue weighted by molar-refractivity contribution is -0.0391. The standard InChI is InChI=1S/C20H16BrFN4O2S/c21-14-7-11(17(23)20-12(14)8-24-29-20)19(27)10-4-5-15(22)18-13(10)9-26(25-18)16-3-1-2-6-28-16/h4-5,7-9,16H,1-3,6,23H2. The Balaban J connectivity index is 1.65. The first-order chi connectivity index (χ1) is 14.0. The van der Waals surface area contributed by atoms with Crippen molar-refractivity contribution in [3.8, 4) is 0 Å². The summed E-state index contributed by atoms with van der Waals surface area (Å²) in [4.78, 5) is 13.4. The van der Waals surface area contributed by atoms with Crippen LogP contribution in [0.15, 0.2) is 35.1 Å². The number of anilines is 1. The van der Waals surface area contributed by atoms with E-state index in [0.717, 1.165) is 33.8 Å². The van der Waals surface area contributed by atoms with Crippen molar-refractivity contribution in [2.75, 3.05) is 12.3 Å². The first-order valence-corrected chi connectivity index (χ1v) is 10.8. The number of hydrogen-bond acceptors (Lipinski definition) is 6. The van der Waals surface area contributed by atoms with E-state index in [-0.39, 0.29) is 17.5 Å². The number of rotatable bonds is 3. The molecule has 4 aromatic rings. The van der Waals surface area contributed by atoms with Crippen LogP contribution in [-0.4, -0.2) is 26.5 Å². The zero-order chi connectivity index (χ0) is 20.1. The lowest BCUT2D eigenvalue weighted by Crippen LogP contribution is -2.18. The summed E-state index contributed by atoms with van der Waals surface area (Å²) in [6, 6.07) is 4.45. The fourth-order valence-electron chi connectivity index (χ4n) is 3.71. The minimum atomic E-state index is -0.474. The largest absolute Gasteiger partial charge is 0.397 e. The number of nitrogens with zero attached hydrogens (tertiary/aromatic N) is 3. The van der Waals surface area contributed by atoms with Gasteiger partial charge in [0.05, 0.1) is 10.4 Å². The molecule has 148 valence electrons. The molecule has 0 saturated carbocycles. The Hall–Kier alpha value is -2.36. The summed E-state index contributed by atoms with van der Waals surface area (Å²) in [5, 5.41) is 5.68. The van der Waals surface area contributed by atoms with Crippen LogP contribution in [0.25, 0.3) is 21.0 Å². The van der Waals surface area contributed by atoms with Gasteiger partial charge in [-0.3, -0.25) is 4.79 Å². The Morgan fingerprint density at radius 1 is 1.31 bits per heavy atom. The van der Waals surface area contributed by atoms with Crippen molar-refractivity contribution in [2.45, 2.75) is 25.5 Å². The van der Waals surface area contributed by atoms with Gasteiger partial charge in [0.25, 0.3) is 0 Å². The van der Waals surface area contributed by atoms with Crippen molar-refractivity contribution >= 4 is 59.9 Å². The SMILES string of the molecule is Nc1c(C(=O)c2ccc(F)c3nn(C4CCCCO4)cc23)cc(Br)c2cnsc12. The molecule has 5 rings (SSSR count). The van der Waals surface area contributed by atoms with Gasteiger partial charge in [-0.1, -0.05) is 15.9 Å². The Bertz CT molecular complexity index is 1260. The van der Waals surface area contributed by atoms with Gasteiger partial charge < -0.3 is 10.5 Å². The van der Waals surface area contributed by atoms with Crippen molar-refractivity contribution in [2.24, 2.45) is 0 Å². The van der Waals surface area contributed by atoms with E-state index >= 15 is 0 Å². The van der Waals surface area contributed by atoms with Crippen LogP contribution < -0.4 is 5.73 Å². The Morgan fingerprint density at radius 2 is 2.17 bits per heavy atom. The summed E-state index contributed by atoms with van der Waals surface area (Å²) in [5.41, 5.74) is 7.51. The lowest BCUT2D eigenvalue weighted by atomic mass is 9.98. The van der Waals surface area contributed by atoms with Gasteiger partial charge in [0, 0.05) is 45.4 Å². The van der Waals surface area contributed by atoms with Crippen LogP contribution in [-0.2, 0) is 4.74 Å². The molecule has 6 nitrogen and oxygen atoms in total. The summed E-state index contributed by atoms with van der Waals surface area (Å²) >= 11 is 4.72. The van der Waals surface area contributed by atoms with Gasteiger partial charge in [0.15, 0.2) is 11.6 Å². The molecule has 2 aromatic carbocycles. The lowest BCUT2D eigenvalue weighted by Gasteiger charge is -2.22. The molecule has 0 aliphatic carbocycles. The van der Waals surface area contributed by atoms with Crippen LogP contribution in [0.1, 0.15) is 41.4 Å². The molecule has 0 amide bonds. The molecule has 1 unspecified atom stereocenters. The minimum Gasteiger partial charge on any atom is -0.397 e. The minimum absolute atomic E-state index is 0.154. The van der Waals surface area contributed by atoms with Crippen LogP contribution >= 0.6 is 27.5 Å². The maximum atomic E-state index is 14.5. The van der Waals surface area contributed by atoms with Crippen molar-refractivity contribution in [1.29, 1.82) is 0 Å². The third-order valence-electron chi connectivity index (χ3n) is 5.22. The molecule has 1 fully saturated rings. The fourth-order valence-corrected chi connectivity index (χ4v) is 5.10. The number of benzene rings is 2. The number of nitrogen functional groups attached to an aromatic ring is 1. The monoisotopic (exact) mass is 474 g/mol. The van der Waals surface area contributed by atoms with E-state index in [9.17, 15) is 9.18 Å². The highest BCUT2D eigenvalue weighted by Gasteiger charge is 2.24. The molecule has 1 aliphatic rings. The third kappa shape index (κ3) is 3.04. The van der Waals surface area contributed by atoms with Crippen LogP contribution in [0, 0.1) is 5.82 Å². The number of aromatic nitrogens is 3. The van der Waals surface area contributed by atoms with E-state index in [2.05, 4.69) is 25.4 Å². The zero-order valence-corrected chi connectivity index (χ0v) is 17.6. The quantitative estimate of drug-likeness (QED) is 0.331. The number of fused-ring (bicyclic) bond motifs is 2. The number of ketones is 1. The second-order valence-corrected chi connectivity index (χ2v) is 8.66. The average molecular weight is 475 g/mol. The van der Waals surface area contributed by atoms with Gasteiger partial charge in [0.2, 0.25) is 0 Å². The van der Waals surface area contributed by atoms with Gasteiger partial charge in [-0.15, -0.1) is 0 Å². The summed E-state index contributed by atoms with van der Waals surface area (Å²) < 4.78 is 27.5. The predicted molar refractivity (Wildman–Crippen MR) is 114 cm³/mol. The van der Waals surface area contributed by atoms with E-state index in [1.165, 1.54) is 23.7 Å². The highest BCUT2D eigenvalue weighted by Crippen LogP contribution is 2.36. The molecule has 9 heteroatoms. The Kier molecular flexibility index (Phi) is 4.60. The topological polar surface area (TPSA) is 83.0 Å². The van der Waals surface area contributed by atoms with Crippen molar-refractivity contribution < 1.29 is 13.9 Å². The summed E-state index contributed by atoms with van der Waals surface area (Å²) in [7, 11) is 0. The second-order valence-electron chi connectivity index (χ2n) is 7.00. The maximum Gasteiger partial charge on any atom is 0.195 e. The summed E-state index contributed by atoms with van der Waals surface area (Å²) in [6.07, 6.45) is 5.99. The molecule has 1 saturated heterocycles. The van der Waals surface area contributed by atoms with Crippen molar-refractivity contribution in [3.05, 3.63) is 52.0 Å². The summed E-state index contributed by atoms with van der Waals surface area (Å²) in [5.74, 6) is -0.759. The Labute approximate surface area is 177 Å². The molecular formula is C20H16BrFN4O2S. The highest BCUT2D eigenvalue weighted by molar-refractivity contribution is 9.10. The van der Waals surface area contributed by atoms with Crippen LogP contribution in [0.4, 0.5) is 10.1 Å². The zero-order valence-electron chi connectivity index (χ0n) is 15.2. The smallest absolute Gasteiger partial charge is 0.195 e. The molecule has 1 atom stereocenters. The fraction of sp³-hybridized carbons (Fsp3) is 0.250. The van der Waals surface area contributed by atoms with Gasteiger partial charge in [0.1, 0.15) is 11.7 Å². The maximum absolute atomic E-state index is 14.5. The second kappa shape index (κ2) is 7.16. The van der Waals surface area contributed by atoms with E-state index in [1.54, 1.807) is 23.1 Å². The molecule has 0 spiro atoms. The van der Waals surface area contributed by atoms with E-state index < -0.39 is 5.82 Å². The van der Waals surface area contributed by atoms with E-state index in [1.807, 2.05) is 0 Å². The van der Waals surface area contributed by atoms with Gasteiger partial charge in [-0.25, -0.2) is 9.07 Å². The predicted octanol–water partition coefficient (Wildman–Crippen LogP) is 5.06. The first kappa shape index (κ1) is 18.7. The van der Waals surface area contributed by atoms with Crippen molar-refractivity contribution in [3.63, 3.8) is 0 Å². The number of ether oxygens (including phenoxy) is 1. The summed E-state index contributed by atoms with van der Waals surface area (Å²) in [6.45, 7) is 0.647. The van der Waals surface area contributed by atoms with Gasteiger partial charge in [-0.2, -0.15) is 9.47 Å². The normalized spacial score (nSPS) is 17.2. The molecular weight excluding hydrogens is 459 g/mol. The van der Waals surface area contributed by atoms with E-state index in [4.69, 9.17) is 10.5 Å². The number of carbonyl (C=O) groups is 1. The molecule has 3 heterocycles. The van der Waals surface area contributed by atoms with Gasteiger partial charge >= 0.3 is 0 Å². The molecule has 0 radical (unpaired) electrons. The van der Waals surface area contributed by atoms with Crippen LogP contribution in [0.2, 0.25) is 0 Å². The molecule has 1 aliphatic heterocycles. The number of halogens is 2. The number of carbonyl (C=O) groups excluding carboxylic acids is 1. The molecule has 2 aromatic heterocycles.